The maximum absolute atomic E-state index is 13.9. The maximum atomic E-state index is 13.9. The van der Waals surface area contributed by atoms with E-state index < -0.39 is 24.2 Å². The van der Waals surface area contributed by atoms with Crippen LogP contribution in [0.5, 0.6) is 11.5 Å². The van der Waals surface area contributed by atoms with E-state index >= 15 is 0 Å². The van der Waals surface area contributed by atoms with Gasteiger partial charge in [-0.1, -0.05) is 0 Å². The Morgan fingerprint density at radius 2 is 1.79 bits per heavy atom. The van der Waals surface area contributed by atoms with Crippen molar-refractivity contribution < 1.29 is 39.1 Å². The summed E-state index contributed by atoms with van der Waals surface area (Å²) < 4.78 is 17.2. The summed E-state index contributed by atoms with van der Waals surface area (Å²) in [7, 11) is 3.07. The van der Waals surface area contributed by atoms with Gasteiger partial charge in [-0.2, -0.15) is 0 Å². The number of nitrogens with one attached hydrogen (secondary N) is 1. The van der Waals surface area contributed by atoms with Crippen LogP contribution in [-0.2, 0) is 20.9 Å². The molecule has 10 nitrogen and oxygen atoms in total. The Morgan fingerprint density at radius 1 is 1.10 bits per heavy atom. The molecule has 0 spiro atoms. The third-order valence-electron chi connectivity index (χ3n) is 10.4. The van der Waals surface area contributed by atoms with Gasteiger partial charge < -0.3 is 39.7 Å². The third-order valence-corrected chi connectivity index (χ3v) is 10.4. The van der Waals surface area contributed by atoms with Crippen LogP contribution in [0.4, 0.5) is 0 Å². The van der Waals surface area contributed by atoms with E-state index in [-0.39, 0.29) is 50.0 Å². The first-order chi connectivity index (χ1) is 20.3. The number of hydrogen-bond donors (Lipinski definition) is 4. The molecule has 4 N–H and O–H groups in total. The van der Waals surface area contributed by atoms with E-state index in [1.165, 1.54) is 26.4 Å². The van der Waals surface area contributed by atoms with Crippen LogP contribution in [0.15, 0.2) is 23.8 Å². The van der Waals surface area contributed by atoms with Crippen molar-refractivity contribution in [1.82, 2.24) is 10.2 Å². The number of amides is 2. The number of carbonyl (C=O) groups is 2. The lowest BCUT2D eigenvalue weighted by Crippen LogP contribution is -2.60. The molecule has 230 valence electrons. The predicted molar refractivity (Wildman–Crippen MR) is 153 cm³/mol. The molecule has 1 aliphatic heterocycles. The van der Waals surface area contributed by atoms with E-state index in [1.54, 1.807) is 30.2 Å². The molecule has 7 rings (SSSR count). The second-order valence-corrected chi connectivity index (χ2v) is 13.2. The molecule has 2 amide bonds. The summed E-state index contributed by atoms with van der Waals surface area (Å²) in [5.74, 6) is 1.78. The molecule has 4 atom stereocenters. The van der Waals surface area contributed by atoms with Gasteiger partial charge in [-0.25, -0.2) is 0 Å². The van der Waals surface area contributed by atoms with Crippen LogP contribution in [0, 0.1) is 23.2 Å². The number of aliphatic hydroxyl groups is 3. The Balaban J connectivity index is 1.40. The summed E-state index contributed by atoms with van der Waals surface area (Å²) in [5, 5.41) is 34.1. The van der Waals surface area contributed by atoms with Crippen LogP contribution >= 0.6 is 0 Å². The molecule has 0 aromatic heterocycles. The average molecular weight is 585 g/mol. The zero-order valence-electron chi connectivity index (χ0n) is 24.6. The molecular formula is C32H44N2O8. The fraction of sp³-hybridized carbons (Fsp3) is 0.688. The second-order valence-electron chi connectivity index (χ2n) is 13.2. The third kappa shape index (κ3) is 5.20. The van der Waals surface area contributed by atoms with Gasteiger partial charge in [0.1, 0.15) is 12.2 Å². The predicted octanol–water partition coefficient (Wildman–Crippen LogP) is 1.89. The Bertz CT molecular complexity index is 1200. The maximum Gasteiger partial charge on any atom is 0.247 e. The number of benzene rings is 1. The van der Waals surface area contributed by atoms with Gasteiger partial charge in [0.25, 0.3) is 0 Å². The minimum absolute atomic E-state index is 0.0138. The monoisotopic (exact) mass is 584 g/mol. The summed E-state index contributed by atoms with van der Waals surface area (Å²) in [5.41, 5.74) is 1.62. The van der Waals surface area contributed by atoms with Gasteiger partial charge in [0.15, 0.2) is 11.5 Å². The SMILES string of the molecule is COCCC(=O)N(CC12CC3CC(CC(C3)C1)C2)C1C=C(C(=O)NCCO)C2c3cc(CO)cc(OC)c3OC2C1O. The zero-order valence-corrected chi connectivity index (χ0v) is 24.6. The van der Waals surface area contributed by atoms with Crippen molar-refractivity contribution >= 4 is 11.8 Å². The molecule has 1 heterocycles. The summed E-state index contributed by atoms with van der Waals surface area (Å²) in [4.78, 5) is 29.3. The quantitative estimate of drug-likeness (QED) is 0.310. The number of aliphatic hydroxyl groups excluding tert-OH is 3. The lowest BCUT2D eigenvalue weighted by atomic mass is 9.49. The summed E-state index contributed by atoms with van der Waals surface area (Å²) in [6, 6.07) is 2.68. The number of fused-ring (bicyclic) bond motifs is 3. The first-order valence-electron chi connectivity index (χ1n) is 15.3. The fourth-order valence-corrected chi connectivity index (χ4v) is 9.16. The molecule has 42 heavy (non-hydrogen) atoms. The molecular weight excluding hydrogens is 540 g/mol. The molecule has 4 saturated carbocycles. The summed E-state index contributed by atoms with van der Waals surface area (Å²) in [6.07, 6.45) is 7.09. The minimum atomic E-state index is -1.11. The van der Waals surface area contributed by atoms with Gasteiger partial charge in [-0.15, -0.1) is 0 Å². The Hall–Kier alpha value is -2.66. The summed E-state index contributed by atoms with van der Waals surface area (Å²) >= 11 is 0. The lowest BCUT2D eigenvalue weighted by molar-refractivity contribution is -0.146. The molecule has 0 radical (unpaired) electrons. The van der Waals surface area contributed by atoms with Crippen molar-refractivity contribution in [2.45, 2.75) is 75.7 Å². The zero-order chi connectivity index (χ0) is 29.6. The van der Waals surface area contributed by atoms with E-state index in [4.69, 9.17) is 14.2 Å². The number of carbonyl (C=O) groups excluding carboxylic acids is 2. The van der Waals surface area contributed by atoms with Gasteiger partial charge in [0.05, 0.1) is 45.3 Å². The summed E-state index contributed by atoms with van der Waals surface area (Å²) in [6.45, 7) is 0.419. The molecule has 5 aliphatic carbocycles. The van der Waals surface area contributed by atoms with E-state index in [0.29, 0.717) is 52.5 Å². The molecule has 1 aromatic rings. The number of rotatable bonds is 11. The van der Waals surface area contributed by atoms with Crippen LogP contribution in [0.25, 0.3) is 0 Å². The van der Waals surface area contributed by atoms with Crippen molar-refractivity contribution in [2.24, 2.45) is 23.2 Å². The Labute approximate surface area is 247 Å². The minimum Gasteiger partial charge on any atom is -0.493 e. The first-order valence-corrected chi connectivity index (χ1v) is 15.3. The highest BCUT2D eigenvalue weighted by molar-refractivity contribution is 5.96. The van der Waals surface area contributed by atoms with Crippen LogP contribution in [0.2, 0.25) is 0 Å². The topological polar surface area (TPSA) is 138 Å². The van der Waals surface area contributed by atoms with E-state index in [2.05, 4.69) is 5.32 Å². The van der Waals surface area contributed by atoms with Gasteiger partial charge >= 0.3 is 0 Å². The largest absolute Gasteiger partial charge is 0.493 e. The fourth-order valence-electron chi connectivity index (χ4n) is 9.16. The van der Waals surface area contributed by atoms with Crippen LogP contribution < -0.4 is 14.8 Å². The molecule has 0 saturated heterocycles. The number of ether oxygens (including phenoxy) is 3. The highest BCUT2D eigenvalue weighted by atomic mass is 16.5. The van der Waals surface area contributed by atoms with Gasteiger partial charge in [0.2, 0.25) is 11.8 Å². The van der Waals surface area contributed by atoms with E-state index in [0.717, 1.165) is 19.3 Å². The second kappa shape index (κ2) is 11.8. The van der Waals surface area contributed by atoms with Crippen molar-refractivity contribution in [3.63, 3.8) is 0 Å². The Kier molecular flexibility index (Phi) is 8.26. The highest BCUT2D eigenvalue weighted by Crippen LogP contribution is 2.60. The van der Waals surface area contributed by atoms with E-state index in [1.807, 2.05) is 0 Å². The van der Waals surface area contributed by atoms with Gasteiger partial charge in [-0.05, 0) is 85.5 Å². The normalized spacial score (nSPS) is 33.8. The molecule has 10 heteroatoms. The highest BCUT2D eigenvalue weighted by Gasteiger charge is 2.55. The number of methoxy groups -OCH3 is 2. The molecule has 6 aliphatic rings. The van der Waals surface area contributed by atoms with Crippen LogP contribution in [0.1, 0.15) is 62.0 Å². The van der Waals surface area contributed by atoms with Crippen LogP contribution in [0.3, 0.4) is 0 Å². The van der Waals surface area contributed by atoms with Crippen LogP contribution in [-0.4, -0.2) is 90.8 Å². The number of nitrogens with zero attached hydrogens (tertiary/aromatic N) is 1. The van der Waals surface area contributed by atoms with Crippen molar-refractivity contribution in [1.29, 1.82) is 0 Å². The molecule has 4 fully saturated rings. The van der Waals surface area contributed by atoms with Gasteiger partial charge in [0, 0.05) is 31.3 Å². The van der Waals surface area contributed by atoms with Crippen molar-refractivity contribution in [2.75, 3.05) is 40.5 Å². The standard InChI is InChI=1S/C32H44N2O8/c1-40-6-3-26(37)34(17-32-13-18-7-19(14-32)9-20(8-18)15-32)24-12-23(31(39)33-4-5-35)27-22-10-21(16-36)11-25(41-2)29(22)42-30(27)28(24)38/h10-12,18-20,24,27-28,30,35-36,38H,3-9,13-17H2,1-2H3,(H,33,39). The van der Waals surface area contributed by atoms with Crippen molar-refractivity contribution in [3.8, 4) is 11.5 Å². The Morgan fingerprint density at radius 3 is 2.38 bits per heavy atom. The van der Waals surface area contributed by atoms with Crippen molar-refractivity contribution in [3.05, 3.63) is 34.9 Å². The van der Waals surface area contributed by atoms with E-state index in [9.17, 15) is 24.9 Å². The first kappa shape index (κ1) is 29.4. The lowest BCUT2D eigenvalue weighted by Gasteiger charge is -2.58. The molecule has 4 bridgehead atoms. The number of hydrogen-bond acceptors (Lipinski definition) is 8. The molecule has 4 unspecified atom stereocenters. The van der Waals surface area contributed by atoms with Gasteiger partial charge in [-0.3, -0.25) is 9.59 Å². The average Bonchev–Trinajstić information content (AvgIpc) is 3.36. The molecule has 1 aromatic carbocycles. The smallest absolute Gasteiger partial charge is 0.247 e.